The minimum Gasteiger partial charge on any atom is -0.477 e. The summed E-state index contributed by atoms with van der Waals surface area (Å²) < 4.78 is 28.7. The third-order valence-electron chi connectivity index (χ3n) is 2.90. The van der Waals surface area contributed by atoms with Gasteiger partial charge >= 0.3 is 5.97 Å². The number of aromatic carboxylic acids is 1. The maximum absolute atomic E-state index is 12.5. The average Bonchev–Trinajstić information content (AvgIpc) is 2.81. The van der Waals surface area contributed by atoms with Gasteiger partial charge in [-0.15, -0.1) is 0 Å². The van der Waals surface area contributed by atoms with E-state index in [9.17, 15) is 18.3 Å². The van der Waals surface area contributed by atoms with E-state index in [1.165, 1.54) is 4.57 Å². The van der Waals surface area contributed by atoms with Crippen LogP contribution in [-0.4, -0.2) is 34.6 Å². The van der Waals surface area contributed by atoms with Gasteiger partial charge in [-0.25, -0.2) is 22.9 Å². The quantitative estimate of drug-likeness (QED) is 0.865. The van der Waals surface area contributed by atoms with Crippen molar-refractivity contribution in [2.75, 3.05) is 0 Å². The van der Waals surface area contributed by atoms with Gasteiger partial charge in [0.05, 0.1) is 12.7 Å². The molecule has 8 heteroatoms. The number of hydrogen-bond donors (Lipinski definition) is 2. The highest BCUT2D eigenvalue weighted by molar-refractivity contribution is 7.89. The van der Waals surface area contributed by atoms with Gasteiger partial charge in [-0.1, -0.05) is 30.3 Å². The number of carboxylic acid groups (broad SMARTS) is 1. The molecule has 0 saturated heterocycles. The Hall–Kier alpha value is -2.19. The second-order valence-electron chi connectivity index (χ2n) is 6.16. The molecule has 0 saturated carbocycles. The van der Waals surface area contributed by atoms with Crippen LogP contribution in [0.15, 0.2) is 41.7 Å². The predicted octanol–water partition coefficient (Wildman–Crippen LogP) is 1.71. The number of aromatic nitrogens is 2. The predicted molar refractivity (Wildman–Crippen MR) is 84.8 cm³/mol. The Labute approximate surface area is 135 Å². The lowest BCUT2D eigenvalue weighted by molar-refractivity contribution is 0.0684. The van der Waals surface area contributed by atoms with Gasteiger partial charge in [0, 0.05) is 5.54 Å². The molecule has 0 aliphatic heterocycles. The number of benzene rings is 1. The van der Waals surface area contributed by atoms with Crippen molar-refractivity contribution in [2.45, 2.75) is 38.0 Å². The minimum atomic E-state index is -3.94. The first-order chi connectivity index (χ1) is 10.6. The number of rotatable bonds is 5. The van der Waals surface area contributed by atoms with Crippen LogP contribution in [0.4, 0.5) is 0 Å². The summed E-state index contributed by atoms with van der Waals surface area (Å²) in [7, 11) is -3.94. The van der Waals surface area contributed by atoms with Crippen molar-refractivity contribution in [3.05, 3.63) is 47.8 Å². The monoisotopic (exact) mass is 337 g/mol. The number of carboxylic acids is 1. The maximum Gasteiger partial charge on any atom is 0.354 e. The van der Waals surface area contributed by atoms with Crippen LogP contribution in [0, 0.1) is 0 Å². The molecular formula is C15H19N3O4S. The van der Waals surface area contributed by atoms with Crippen molar-refractivity contribution >= 4 is 16.0 Å². The Morgan fingerprint density at radius 2 is 1.87 bits per heavy atom. The van der Waals surface area contributed by atoms with Crippen molar-refractivity contribution in [1.82, 2.24) is 14.3 Å². The third kappa shape index (κ3) is 4.17. The molecule has 0 fully saturated rings. The van der Waals surface area contributed by atoms with Crippen LogP contribution in [0.2, 0.25) is 0 Å². The molecule has 0 atom stereocenters. The Morgan fingerprint density at radius 1 is 1.26 bits per heavy atom. The van der Waals surface area contributed by atoms with E-state index in [1.807, 2.05) is 6.07 Å². The summed E-state index contributed by atoms with van der Waals surface area (Å²) in [6.45, 7) is 5.20. The van der Waals surface area contributed by atoms with Crippen LogP contribution in [0.1, 0.15) is 36.8 Å². The number of nitrogens with one attached hydrogen (secondary N) is 1. The molecule has 23 heavy (non-hydrogen) atoms. The normalized spacial score (nSPS) is 12.3. The molecule has 2 rings (SSSR count). The number of sulfonamides is 1. The van der Waals surface area contributed by atoms with E-state index in [1.54, 1.807) is 45.0 Å². The van der Waals surface area contributed by atoms with Gasteiger partial charge in [0.25, 0.3) is 10.0 Å². The van der Waals surface area contributed by atoms with Crippen LogP contribution >= 0.6 is 0 Å². The minimum absolute atomic E-state index is 0.100. The van der Waals surface area contributed by atoms with E-state index < -0.39 is 21.5 Å². The molecule has 2 aromatic rings. The molecular weight excluding hydrogens is 318 g/mol. The van der Waals surface area contributed by atoms with Crippen LogP contribution < -0.4 is 4.72 Å². The first kappa shape index (κ1) is 17.2. The van der Waals surface area contributed by atoms with Gasteiger partial charge in [0.1, 0.15) is 5.69 Å². The van der Waals surface area contributed by atoms with Crippen molar-refractivity contribution < 1.29 is 18.3 Å². The molecule has 7 nitrogen and oxygen atoms in total. The summed E-state index contributed by atoms with van der Waals surface area (Å²) >= 11 is 0. The summed E-state index contributed by atoms with van der Waals surface area (Å²) in [5.74, 6) is -1.23. The number of nitrogens with zero attached hydrogens (tertiary/aromatic N) is 2. The molecule has 0 amide bonds. The van der Waals surface area contributed by atoms with Crippen molar-refractivity contribution in [3.63, 3.8) is 0 Å². The highest BCUT2D eigenvalue weighted by Gasteiger charge is 2.29. The lowest BCUT2D eigenvalue weighted by Crippen LogP contribution is -2.41. The smallest absolute Gasteiger partial charge is 0.354 e. The van der Waals surface area contributed by atoms with Gasteiger partial charge < -0.3 is 9.67 Å². The zero-order chi connectivity index (χ0) is 17.3. The van der Waals surface area contributed by atoms with Gasteiger partial charge in [-0.05, 0) is 26.3 Å². The molecule has 0 unspecified atom stereocenters. The van der Waals surface area contributed by atoms with Gasteiger partial charge in [-0.2, -0.15) is 0 Å². The first-order valence-electron chi connectivity index (χ1n) is 6.97. The van der Waals surface area contributed by atoms with Crippen molar-refractivity contribution in [2.24, 2.45) is 0 Å². The summed E-state index contributed by atoms with van der Waals surface area (Å²) in [4.78, 5) is 15.2. The Bertz CT molecular complexity index is 805. The fourth-order valence-electron chi connectivity index (χ4n) is 2.11. The molecule has 0 aliphatic carbocycles. The molecule has 0 bridgehead atoms. The standard InChI is InChI=1S/C15H19N3O4S/c1-15(2,3)17-23(21,22)14-16-9-12(13(19)20)18(14)10-11-7-5-4-6-8-11/h4-9,17H,10H2,1-3H3,(H,19,20). The van der Waals surface area contributed by atoms with Crippen LogP contribution in [0.25, 0.3) is 0 Å². The summed E-state index contributed by atoms with van der Waals surface area (Å²) in [5, 5.41) is 8.97. The fourth-order valence-corrected chi connectivity index (χ4v) is 3.65. The van der Waals surface area contributed by atoms with E-state index in [2.05, 4.69) is 9.71 Å². The molecule has 0 aliphatic rings. The topological polar surface area (TPSA) is 101 Å². The highest BCUT2D eigenvalue weighted by atomic mass is 32.2. The number of carbonyl (C=O) groups is 1. The number of imidazole rings is 1. The lowest BCUT2D eigenvalue weighted by atomic mass is 10.1. The van der Waals surface area contributed by atoms with Gasteiger partial charge in [0.15, 0.2) is 0 Å². The zero-order valence-corrected chi connectivity index (χ0v) is 14.0. The number of hydrogen-bond acceptors (Lipinski definition) is 4. The first-order valence-corrected chi connectivity index (χ1v) is 8.45. The van der Waals surface area contributed by atoms with Crippen LogP contribution in [0.3, 0.4) is 0 Å². The zero-order valence-electron chi connectivity index (χ0n) is 13.1. The van der Waals surface area contributed by atoms with E-state index in [0.717, 1.165) is 11.8 Å². The average molecular weight is 337 g/mol. The molecule has 1 aromatic carbocycles. The van der Waals surface area contributed by atoms with E-state index in [0.29, 0.717) is 0 Å². The van der Waals surface area contributed by atoms with Crippen LogP contribution in [0.5, 0.6) is 0 Å². The van der Waals surface area contributed by atoms with Crippen LogP contribution in [-0.2, 0) is 16.6 Å². The Kier molecular flexibility index (Phi) is 4.58. The van der Waals surface area contributed by atoms with Crippen molar-refractivity contribution in [3.8, 4) is 0 Å². The van der Waals surface area contributed by atoms with Gasteiger partial charge in [-0.3, -0.25) is 0 Å². The fraction of sp³-hybridized carbons (Fsp3) is 0.333. The molecule has 0 spiro atoms. The molecule has 124 valence electrons. The largest absolute Gasteiger partial charge is 0.477 e. The molecule has 1 aromatic heterocycles. The SMILES string of the molecule is CC(C)(C)NS(=O)(=O)c1ncc(C(=O)O)n1Cc1ccccc1. The summed E-state index contributed by atoms with van der Waals surface area (Å²) in [5.41, 5.74) is -0.102. The molecule has 2 N–H and O–H groups in total. The Balaban J connectivity index is 2.51. The lowest BCUT2D eigenvalue weighted by Gasteiger charge is -2.20. The van der Waals surface area contributed by atoms with E-state index >= 15 is 0 Å². The van der Waals surface area contributed by atoms with Crippen molar-refractivity contribution in [1.29, 1.82) is 0 Å². The highest BCUT2D eigenvalue weighted by Crippen LogP contribution is 2.16. The van der Waals surface area contributed by atoms with Gasteiger partial charge in [0.2, 0.25) is 5.16 Å². The third-order valence-corrected chi connectivity index (χ3v) is 4.59. The summed E-state index contributed by atoms with van der Waals surface area (Å²) in [6, 6.07) is 9.01. The Morgan fingerprint density at radius 3 is 2.39 bits per heavy atom. The van der Waals surface area contributed by atoms with E-state index in [4.69, 9.17) is 0 Å². The second-order valence-corrected chi connectivity index (χ2v) is 7.73. The summed E-state index contributed by atoms with van der Waals surface area (Å²) in [6.07, 6.45) is 1.06. The molecule has 0 radical (unpaired) electrons. The van der Waals surface area contributed by atoms with E-state index in [-0.39, 0.29) is 17.4 Å². The maximum atomic E-state index is 12.5. The second kappa shape index (κ2) is 6.13. The molecule has 1 heterocycles.